The zero-order valence-electron chi connectivity index (χ0n) is 16.6. The fourth-order valence-corrected chi connectivity index (χ4v) is 3.70. The van der Waals surface area contributed by atoms with Gasteiger partial charge in [0.05, 0.1) is 51.2 Å². The van der Waals surface area contributed by atoms with Gasteiger partial charge in [-0.3, -0.25) is 0 Å². The number of ether oxygens (including phenoxy) is 5. The monoisotopic (exact) mass is 401 g/mol. The van der Waals surface area contributed by atoms with Crippen molar-refractivity contribution in [3.63, 3.8) is 0 Å². The van der Waals surface area contributed by atoms with Crippen LogP contribution in [0.3, 0.4) is 0 Å². The average molecular weight is 401 g/mol. The van der Waals surface area contributed by atoms with Crippen LogP contribution in [0.4, 0.5) is 0 Å². The van der Waals surface area contributed by atoms with E-state index in [0.29, 0.717) is 29.6 Å². The summed E-state index contributed by atoms with van der Waals surface area (Å²) in [4.78, 5) is 1.04. The summed E-state index contributed by atoms with van der Waals surface area (Å²) in [5.74, 6) is 2.89. The van der Waals surface area contributed by atoms with E-state index in [2.05, 4.69) is 4.37 Å². The van der Waals surface area contributed by atoms with E-state index in [0.717, 1.165) is 27.4 Å². The molecule has 1 aromatic heterocycles. The minimum absolute atomic E-state index is 0.468. The van der Waals surface area contributed by atoms with Crippen molar-refractivity contribution in [2.45, 2.75) is 6.92 Å². The standard InChI is InChI=1S/C21H23NO5S/c1-6-27-14-9-7-13(8-10-14)18-12-16(22-28-18)15-11-17(23-2)20(25-4)21(26-5)19(15)24-3/h7-12H,6H2,1-5H3. The fraction of sp³-hybridized carbons (Fsp3) is 0.286. The van der Waals surface area contributed by atoms with Crippen molar-refractivity contribution < 1.29 is 23.7 Å². The quantitative estimate of drug-likeness (QED) is 0.534. The van der Waals surface area contributed by atoms with Crippen molar-refractivity contribution in [3.05, 3.63) is 36.4 Å². The van der Waals surface area contributed by atoms with Gasteiger partial charge in [-0.2, -0.15) is 4.37 Å². The summed E-state index contributed by atoms with van der Waals surface area (Å²) in [6.45, 7) is 2.61. The van der Waals surface area contributed by atoms with Gasteiger partial charge in [-0.15, -0.1) is 0 Å². The molecule has 0 spiro atoms. The summed E-state index contributed by atoms with van der Waals surface area (Å²) >= 11 is 1.41. The van der Waals surface area contributed by atoms with Crippen LogP contribution < -0.4 is 23.7 Å². The van der Waals surface area contributed by atoms with Crippen LogP contribution in [0, 0.1) is 0 Å². The third-order valence-corrected chi connectivity index (χ3v) is 5.06. The Morgan fingerprint density at radius 2 is 1.50 bits per heavy atom. The molecule has 0 radical (unpaired) electrons. The largest absolute Gasteiger partial charge is 0.494 e. The van der Waals surface area contributed by atoms with Crippen LogP contribution in [0.25, 0.3) is 21.7 Å². The van der Waals surface area contributed by atoms with E-state index in [1.807, 2.05) is 43.3 Å². The van der Waals surface area contributed by atoms with Gasteiger partial charge >= 0.3 is 0 Å². The molecule has 7 heteroatoms. The summed E-state index contributed by atoms with van der Waals surface area (Å²) in [5.41, 5.74) is 2.61. The number of hydrogen-bond acceptors (Lipinski definition) is 7. The highest BCUT2D eigenvalue weighted by atomic mass is 32.1. The van der Waals surface area contributed by atoms with Gasteiger partial charge in [0.15, 0.2) is 11.5 Å². The van der Waals surface area contributed by atoms with Crippen LogP contribution >= 0.6 is 11.5 Å². The zero-order valence-corrected chi connectivity index (χ0v) is 17.4. The number of rotatable bonds is 8. The van der Waals surface area contributed by atoms with Crippen LogP contribution in [-0.4, -0.2) is 39.4 Å². The highest BCUT2D eigenvalue weighted by Crippen LogP contribution is 2.50. The maximum atomic E-state index is 5.61. The second kappa shape index (κ2) is 8.84. The topological polar surface area (TPSA) is 59.0 Å². The molecule has 0 fully saturated rings. The van der Waals surface area contributed by atoms with Crippen molar-refractivity contribution in [3.8, 4) is 50.4 Å². The molecule has 6 nitrogen and oxygen atoms in total. The van der Waals surface area contributed by atoms with E-state index < -0.39 is 0 Å². The summed E-state index contributed by atoms with van der Waals surface area (Å²) in [6, 6.07) is 11.8. The van der Waals surface area contributed by atoms with Gasteiger partial charge in [0.1, 0.15) is 5.75 Å². The first-order valence-corrected chi connectivity index (χ1v) is 9.51. The first kappa shape index (κ1) is 19.8. The van der Waals surface area contributed by atoms with E-state index in [-0.39, 0.29) is 0 Å². The molecule has 0 unspecified atom stereocenters. The van der Waals surface area contributed by atoms with E-state index in [1.165, 1.54) is 11.5 Å². The molecular weight excluding hydrogens is 378 g/mol. The van der Waals surface area contributed by atoms with Crippen LogP contribution in [-0.2, 0) is 0 Å². The molecule has 0 aliphatic rings. The fourth-order valence-electron chi connectivity index (χ4n) is 2.94. The maximum absolute atomic E-state index is 5.61. The Morgan fingerprint density at radius 1 is 0.821 bits per heavy atom. The number of hydrogen-bond donors (Lipinski definition) is 0. The second-order valence-electron chi connectivity index (χ2n) is 5.76. The highest BCUT2D eigenvalue weighted by molar-refractivity contribution is 7.09. The average Bonchev–Trinajstić information content (AvgIpc) is 3.22. The van der Waals surface area contributed by atoms with E-state index in [9.17, 15) is 0 Å². The molecule has 0 bridgehead atoms. The van der Waals surface area contributed by atoms with Gasteiger partial charge in [0.25, 0.3) is 0 Å². The Labute approximate surface area is 168 Å². The Kier molecular flexibility index (Phi) is 6.26. The summed E-state index contributed by atoms with van der Waals surface area (Å²) in [7, 11) is 6.30. The number of methoxy groups -OCH3 is 4. The smallest absolute Gasteiger partial charge is 0.207 e. The molecule has 0 N–H and O–H groups in total. The minimum atomic E-state index is 0.468. The Morgan fingerprint density at radius 3 is 2.07 bits per heavy atom. The molecule has 0 atom stereocenters. The third kappa shape index (κ3) is 3.71. The van der Waals surface area contributed by atoms with Gasteiger partial charge in [0, 0.05) is 0 Å². The molecule has 1 heterocycles. The maximum Gasteiger partial charge on any atom is 0.207 e. The molecule has 28 heavy (non-hydrogen) atoms. The number of aromatic nitrogens is 1. The highest BCUT2D eigenvalue weighted by Gasteiger charge is 2.23. The van der Waals surface area contributed by atoms with Crippen molar-refractivity contribution in [2.75, 3.05) is 35.0 Å². The molecule has 0 saturated heterocycles. The van der Waals surface area contributed by atoms with Crippen molar-refractivity contribution >= 4 is 11.5 Å². The first-order valence-electron chi connectivity index (χ1n) is 8.74. The summed E-state index contributed by atoms with van der Waals surface area (Å²) in [6.07, 6.45) is 0. The van der Waals surface area contributed by atoms with Gasteiger partial charge in [-0.25, -0.2) is 0 Å². The molecule has 0 aliphatic carbocycles. The van der Waals surface area contributed by atoms with Crippen LogP contribution in [0.5, 0.6) is 28.7 Å². The van der Waals surface area contributed by atoms with Crippen molar-refractivity contribution in [1.29, 1.82) is 0 Å². The lowest BCUT2D eigenvalue weighted by atomic mass is 10.1. The van der Waals surface area contributed by atoms with Crippen LogP contribution in [0.2, 0.25) is 0 Å². The predicted molar refractivity (Wildman–Crippen MR) is 110 cm³/mol. The summed E-state index contributed by atoms with van der Waals surface area (Å²) < 4.78 is 32.2. The third-order valence-electron chi connectivity index (χ3n) is 4.22. The molecule has 3 aromatic rings. The normalized spacial score (nSPS) is 10.5. The van der Waals surface area contributed by atoms with Gasteiger partial charge in [0.2, 0.25) is 11.5 Å². The number of nitrogens with zero attached hydrogens (tertiary/aromatic N) is 1. The summed E-state index contributed by atoms with van der Waals surface area (Å²) in [5, 5.41) is 0. The molecular formula is C21H23NO5S. The lowest BCUT2D eigenvalue weighted by Gasteiger charge is -2.17. The molecule has 0 aliphatic heterocycles. The Hall–Kier alpha value is -2.93. The van der Waals surface area contributed by atoms with E-state index in [4.69, 9.17) is 23.7 Å². The first-order chi connectivity index (χ1) is 13.7. The Balaban J connectivity index is 2.05. The SMILES string of the molecule is CCOc1ccc(-c2cc(-c3cc(OC)c(OC)c(OC)c3OC)ns2)cc1. The zero-order chi connectivity index (χ0) is 20.1. The van der Waals surface area contributed by atoms with Crippen LogP contribution in [0.1, 0.15) is 6.92 Å². The second-order valence-corrected chi connectivity index (χ2v) is 6.56. The molecule has 0 amide bonds. The van der Waals surface area contributed by atoms with E-state index in [1.54, 1.807) is 28.4 Å². The molecule has 148 valence electrons. The van der Waals surface area contributed by atoms with Gasteiger partial charge < -0.3 is 23.7 Å². The van der Waals surface area contributed by atoms with Gasteiger partial charge in [-0.05, 0) is 60.4 Å². The number of benzene rings is 2. The molecule has 3 rings (SSSR count). The van der Waals surface area contributed by atoms with Crippen LogP contribution in [0.15, 0.2) is 36.4 Å². The van der Waals surface area contributed by atoms with Crippen molar-refractivity contribution in [2.24, 2.45) is 0 Å². The van der Waals surface area contributed by atoms with E-state index >= 15 is 0 Å². The molecule has 0 saturated carbocycles. The lowest BCUT2D eigenvalue weighted by molar-refractivity contribution is 0.306. The minimum Gasteiger partial charge on any atom is -0.494 e. The lowest BCUT2D eigenvalue weighted by Crippen LogP contribution is -1.99. The predicted octanol–water partition coefficient (Wildman–Crippen LogP) is 4.91. The Bertz CT molecular complexity index is 937. The van der Waals surface area contributed by atoms with Crippen molar-refractivity contribution in [1.82, 2.24) is 4.37 Å². The molecule has 2 aromatic carbocycles. The van der Waals surface area contributed by atoms with Gasteiger partial charge in [-0.1, -0.05) is 0 Å².